The second kappa shape index (κ2) is 5.32. The van der Waals surface area contributed by atoms with Crippen LogP contribution >= 0.6 is 0 Å². The molecule has 3 rings (SSSR count). The van der Waals surface area contributed by atoms with Crippen molar-refractivity contribution in [2.45, 2.75) is 25.4 Å². The summed E-state index contributed by atoms with van der Waals surface area (Å²) in [5, 5.41) is 3.06. The minimum absolute atomic E-state index is 0.0714. The Morgan fingerprint density at radius 1 is 1.40 bits per heavy atom. The van der Waals surface area contributed by atoms with Gasteiger partial charge in [-0.2, -0.15) is 0 Å². The van der Waals surface area contributed by atoms with Crippen LogP contribution in [-0.2, 0) is 6.54 Å². The lowest BCUT2D eigenvalue weighted by molar-refractivity contribution is 0.393. The maximum Gasteiger partial charge on any atom is 0.293 e. The van der Waals surface area contributed by atoms with E-state index in [1.54, 1.807) is 30.3 Å². The summed E-state index contributed by atoms with van der Waals surface area (Å²) in [6.45, 7) is 0.452. The summed E-state index contributed by atoms with van der Waals surface area (Å²) in [6.07, 6.45) is 7.21. The number of hydrogen-bond acceptors (Lipinski definition) is 5. The van der Waals surface area contributed by atoms with Gasteiger partial charge in [0.05, 0.1) is 7.11 Å². The molecule has 0 spiro atoms. The molecule has 0 saturated heterocycles. The fourth-order valence-corrected chi connectivity index (χ4v) is 2.11. The van der Waals surface area contributed by atoms with Gasteiger partial charge in [0.1, 0.15) is 0 Å². The van der Waals surface area contributed by atoms with Gasteiger partial charge in [-0.15, -0.1) is 0 Å². The number of ether oxygens (including phenoxy) is 1. The molecule has 2 aromatic heterocycles. The summed E-state index contributed by atoms with van der Waals surface area (Å²) in [5.74, 6) is 0.920. The first-order chi connectivity index (χ1) is 9.79. The zero-order chi connectivity index (χ0) is 13.9. The maximum absolute atomic E-state index is 12.2. The Morgan fingerprint density at radius 2 is 2.25 bits per heavy atom. The van der Waals surface area contributed by atoms with Gasteiger partial charge in [-0.1, -0.05) is 6.07 Å². The number of nitrogens with zero attached hydrogens (tertiary/aromatic N) is 3. The molecule has 20 heavy (non-hydrogen) atoms. The molecule has 104 valence electrons. The van der Waals surface area contributed by atoms with Crippen LogP contribution in [0.4, 0.5) is 5.82 Å². The number of aromatic nitrogens is 3. The van der Waals surface area contributed by atoms with E-state index in [-0.39, 0.29) is 5.56 Å². The average Bonchev–Trinajstić information content (AvgIpc) is 3.31. The molecule has 6 nitrogen and oxygen atoms in total. The highest BCUT2D eigenvalue weighted by molar-refractivity contribution is 5.35. The minimum Gasteiger partial charge on any atom is -0.481 e. The zero-order valence-electron chi connectivity index (χ0n) is 11.2. The molecule has 2 heterocycles. The number of anilines is 1. The number of nitrogens with one attached hydrogen (secondary N) is 1. The van der Waals surface area contributed by atoms with E-state index < -0.39 is 0 Å². The van der Waals surface area contributed by atoms with E-state index in [1.165, 1.54) is 0 Å². The van der Waals surface area contributed by atoms with Crippen LogP contribution in [0.25, 0.3) is 0 Å². The largest absolute Gasteiger partial charge is 0.481 e. The fourth-order valence-electron chi connectivity index (χ4n) is 2.11. The SMILES string of the molecule is COc1ncccc1CNc1nccn(C2CC2)c1=O. The molecule has 1 fully saturated rings. The van der Waals surface area contributed by atoms with Crippen molar-refractivity contribution in [3.63, 3.8) is 0 Å². The average molecular weight is 272 g/mol. The molecule has 0 amide bonds. The van der Waals surface area contributed by atoms with Crippen LogP contribution in [0, 0.1) is 0 Å². The van der Waals surface area contributed by atoms with Crippen LogP contribution in [0.3, 0.4) is 0 Å². The Hall–Kier alpha value is -2.37. The van der Waals surface area contributed by atoms with Crippen LogP contribution in [-0.4, -0.2) is 21.6 Å². The van der Waals surface area contributed by atoms with Crippen molar-refractivity contribution in [1.82, 2.24) is 14.5 Å². The number of pyridine rings is 1. The van der Waals surface area contributed by atoms with Crippen molar-refractivity contribution in [2.75, 3.05) is 12.4 Å². The molecule has 0 radical (unpaired) electrons. The predicted molar refractivity (Wildman–Crippen MR) is 74.9 cm³/mol. The molecular weight excluding hydrogens is 256 g/mol. The van der Waals surface area contributed by atoms with Crippen molar-refractivity contribution in [3.8, 4) is 5.88 Å². The Morgan fingerprint density at radius 3 is 3.00 bits per heavy atom. The van der Waals surface area contributed by atoms with Gasteiger partial charge in [0, 0.05) is 36.7 Å². The highest BCUT2D eigenvalue weighted by Crippen LogP contribution is 2.33. The fraction of sp³-hybridized carbons (Fsp3) is 0.357. The Labute approximate surface area is 116 Å². The number of methoxy groups -OCH3 is 1. The van der Waals surface area contributed by atoms with Crippen LogP contribution < -0.4 is 15.6 Å². The third-order valence-electron chi connectivity index (χ3n) is 3.30. The molecule has 0 unspecified atom stereocenters. The molecule has 1 aliphatic carbocycles. The predicted octanol–water partition coefficient (Wildman–Crippen LogP) is 1.59. The number of hydrogen-bond donors (Lipinski definition) is 1. The van der Waals surface area contributed by atoms with Gasteiger partial charge in [0.25, 0.3) is 5.56 Å². The third kappa shape index (κ3) is 2.49. The van der Waals surface area contributed by atoms with Gasteiger partial charge >= 0.3 is 0 Å². The van der Waals surface area contributed by atoms with Crippen LogP contribution in [0.1, 0.15) is 24.4 Å². The van der Waals surface area contributed by atoms with E-state index in [1.807, 2.05) is 12.1 Å². The van der Waals surface area contributed by atoms with E-state index in [4.69, 9.17) is 4.74 Å². The molecule has 2 aromatic rings. The van der Waals surface area contributed by atoms with Crippen molar-refractivity contribution >= 4 is 5.82 Å². The summed E-state index contributed by atoms with van der Waals surface area (Å²) in [4.78, 5) is 20.5. The highest BCUT2D eigenvalue weighted by Gasteiger charge is 2.25. The first kappa shape index (κ1) is 12.7. The lowest BCUT2D eigenvalue weighted by Gasteiger charge is -2.10. The van der Waals surface area contributed by atoms with Gasteiger partial charge in [-0.05, 0) is 18.9 Å². The van der Waals surface area contributed by atoms with E-state index in [2.05, 4.69) is 15.3 Å². The molecule has 0 aromatic carbocycles. The van der Waals surface area contributed by atoms with Gasteiger partial charge < -0.3 is 14.6 Å². The summed E-state index contributed by atoms with van der Waals surface area (Å²) < 4.78 is 6.93. The van der Waals surface area contributed by atoms with Gasteiger partial charge in [0.15, 0.2) is 5.82 Å². The topological polar surface area (TPSA) is 69.0 Å². The van der Waals surface area contributed by atoms with Gasteiger partial charge in [-0.25, -0.2) is 9.97 Å². The van der Waals surface area contributed by atoms with E-state index >= 15 is 0 Å². The zero-order valence-corrected chi connectivity index (χ0v) is 11.2. The van der Waals surface area contributed by atoms with Crippen LogP contribution in [0.5, 0.6) is 5.88 Å². The van der Waals surface area contributed by atoms with E-state index in [0.29, 0.717) is 24.3 Å². The monoisotopic (exact) mass is 272 g/mol. The summed E-state index contributed by atoms with van der Waals surface area (Å²) in [7, 11) is 1.58. The Kier molecular flexibility index (Phi) is 3.37. The maximum atomic E-state index is 12.2. The van der Waals surface area contributed by atoms with Gasteiger partial charge in [-0.3, -0.25) is 4.79 Å². The second-order valence-corrected chi connectivity index (χ2v) is 4.74. The van der Waals surface area contributed by atoms with E-state index in [0.717, 1.165) is 18.4 Å². The Balaban J connectivity index is 1.78. The van der Waals surface area contributed by atoms with Crippen LogP contribution in [0.15, 0.2) is 35.5 Å². The van der Waals surface area contributed by atoms with Crippen molar-refractivity contribution in [3.05, 3.63) is 46.6 Å². The minimum atomic E-state index is -0.0714. The molecular formula is C14H16N4O2. The smallest absolute Gasteiger partial charge is 0.293 e. The lowest BCUT2D eigenvalue weighted by Crippen LogP contribution is -2.23. The molecule has 0 bridgehead atoms. The van der Waals surface area contributed by atoms with Crippen LogP contribution in [0.2, 0.25) is 0 Å². The van der Waals surface area contributed by atoms with Crippen molar-refractivity contribution < 1.29 is 4.74 Å². The summed E-state index contributed by atoms with van der Waals surface area (Å²) in [5.41, 5.74) is 0.816. The molecule has 1 N–H and O–H groups in total. The summed E-state index contributed by atoms with van der Waals surface area (Å²) >= 11 is 0. The molecule has 1 aliphatic rings. The third-order valence-corrected chi connectivity index (χ3v) is 3.30. The first-order valence-corrected chi connectivity index (χ1v) is 6.58. The molecule has 0 atom stereocenters. The Bertz CT molecular complexity index is 664. The van der Waals surface area contributed by atoms with Crippen molar-refractivity contribution in [1.29, 1.82) is 0 Å². The summed E-state index contributed by atoms with van der Waals surface area (Å²) in [6, 6.07) is 4.08. The lowest BCUT2D eigenvalue weighted by atomic mass is 10.2. The normalized spacial score (nSPS) is 14.1. The van der Waals surface area contributed by atoms with Crippen molar-refractivity contribution in [2.24, 2.45) is 0 Å². The first-order valence-electron chi connectivity index (χ1n) is 6.58. The molecule has 6 heteroatoms. The highest BCUT2D eigenvalue weighted by atomic mass is 16.5. The molecule has 0 aliphatic heterocycles. The van der Waals surface area contributed by atoms with E-state index in [9.17, 15) is 4.79 Å². The molecule has 1 saturated carbocycles. The standard InChI is InChI=1S/C14H16N4O2/c1-20-13-10(3-2-6-16-13)9-17-12-14(19)18(8-7-15-12)11-4-5-11/h2-3,6-8,11H,4-5,9H2,1H3,(H,15,17). The van der Waals surface area contributed by atoms with Gasteiger partial charge in [0.2, 0.25) is 5.88 Å². The second-order valence-electron chi connectivity index (χ2n) is 4.74. The number of rotatable bonds is 5. The quantitative estimate of drug-likeness (QED) is 0.895.